The molecule has 0 aromatic carbocycles. The average Bonchev–Trinajstić information content (AvgIpc) is 2.42. The van der Waals surface area contributed by atoms with Crippen LogP contribution in [0.2, 0.25) is 0 Å². The van der Waals surface area contributed by atoms with Crippen molar-refractivity contribution in [1.82, 2.24) is 5.32 Å². The Morgan fingerprint density at radius 1 is 0.944 bits per heavy atom. The first-order chi connectivity index (χ1) is 8.83. The minimum Gasteiger partial charge on any atom is -0.381 e. The summed E-state index contributed by atoms with van der Waals surface area (Å²) in [6, 6.07) is 0. The summed E-state index contributed by atoms with van der Waals surface area (Å²) in [4.78, 5) is 0. The van der Waals surface area contributed by atoms with Crippen molar-refractivity contribution in [3.63, 3.8) is 0 Å². The van der Waals surface area contributed by atoms with Crippen molar-refractivity contribution in [2.45, 2.75) is 71.6 Å². The van der Waals surface area contributed by atoms with Crippen molar-refractivity contribution < 1.29 is 4.74 Å². The van der Waals surface area contributed by atoms with E-state index >= 15 is 0 Å². The van der Waals surface area contributed by atoms with Gasteiger partial charge in [-0.2, -0.15) is 0 Å². The normalized spacial score (nSPS) is 19.0. The minimum atomic E-state index is 0.541. The molecule has 1 heterocycles. The molecule has 18 heavy (non-hydrogen) atoms. The van der Waals surface area contributed by atoms with Gasteiger partial charge in [0.15, 0.2) is 0 Å². The predicted octanol–water partition coefficient (Wildman–Crippen LogP) is 4.14. The quantitative estimate of drug-likeness (QED) is 0.592. The molecule has 1 saturated heterocycles. The van der Waals surface area contributed by atoms with E-state index in [0.29, 0.717) is 5.41 Å². The van der Waals surface area contributed by atoms with E-state index in [-0.39, 0.29) is 0 Å². The largest absolute Gasteiger partial charge is 0.381 e. The van der Waals surface area contributed by atoms with Crippen molar-refractivity contribution in [2.75, 3.05) is 26.3 Å². The van der Waals surface area contributed by atoms with Gasteiger partial charge < -0.3 is 10.1 Å². The standard InChI is InChI=1S/C16H33NO/c1-3-5-6-7-8-9-10-16(15-17-4-2)11-13-18-14-12-16/h17H,3-15H2,1-2H3. The van der Waals surface area contributed by atoms with Crippen molar-refractivity contribution in [3.8, 4) is 0 Å². The van der Waals surface area contributed by atoms with Gasteiger partial charge in [-0.15, -0.1) is 0 Å². The van der Waals surface area contributed by atoms with Crippen LogP contribution in [0.25, 0.3) is 0 Å². The zero-order valence-corrected chi connectivity index (χ0v) is 12.6. The molecule has 0 radical (unpaired) electrons. The maximum absolute atomic E-state index is 5.54. The molecule has 0 atom stereocenters. The van der Waals surface area contributed by atoms with Gasteiger partial charge in [-0.3, -0.25) is 0 Å². The smallest absolute Gasteiger partial charge is 0.0471 e. The van der Waals surface area contributed by atoms with E-state index in [1.807, 2.05) is 0 Å². The molecule has 108 valence electrons. The Hall–Kier alpha value is -0.0800. The van der Waals surface area contributed by atoms with Gasteiger partial charge in [-0.05, 0) is 31.2 Å². The topological polar surface area (TPSA) is 21.3 Å². The zero-order chi connectivity index (χ0) is 13.1. The van der Waals surface area contributed by atoms with E-state index < -0.39 is 0 Å². The third kappa shape index (κ3) is 6.19. The molecule has 0 aliphatic carbocycles. The fourth-order valence-electron chi connectivity index (χ4n) is 2.99. The summed E-state index contributed by atoms with van der Waals surface area (Å²) in [6.45, 7) is 8.73. The Morgan fingerprint density at radius 2 is 1.61 bits per heavy atom. The molecule has 2 heteroatoms. The molecule has 1 fully saturated rings. The molecule has 0 spiro atoms. The van der Waals surface area contributed by atoms with Gasteiger partial charge >= 0.3 is 0 Å². The number of hydrogen-bond acceptors (Lipinski definition) is 2. The molecule has 0 aromatic heterocycles. The molecule has 1 aliphatic heterocycles. The van der Waals surface area contributed by atoms with Gasteiger partial charge in [-0.1, -0.05) is 52.4 Å². The Bertz CT molecular complexity index is 188. The molecule has 0 aromatic rings. The second-order valence-electron chi connectivity index (χ2n) is 5.91. The van der Waals surface area contributed by atoms with Crippen LogP contribution in [0.15, 0.2) is 0 Å². The lowest BCUT2D eigenvalue weighted by Crippen LogP contribution is -2.39. The summed E-state index contributed by atoms with van der Waals surface area (Å²) in [7, 11) is 0. The number of rotatable bonds is 10. The van der Waals surface area contributed by atoms with Crippen molar-refractivity contribution in [3.05, 3.63) is 0 Å². The van der Waals surface area contributed by atoms with Crippen LogP contribution in [-0.4, -0.2) is 26.3 Å². The number of unbranched alkanes of at least 4 members (excludes halogenated alkanes) is 5. The van der Waals surface area contributed by atoms with Gasteiger partial charge in [0.1, 0.15) is 0 Å². The van der Waals surface area contributed by atoms with Crippen LogP contribution in [0.3, 0.4) is 0 Å². The molecule has 1 aliphatic rings. The van der Waals surface area contributed by atoms with Crippen molar-refractivity contribution >= 4 is 0 Å². The lowest BCUT2D eigenvalue weighted by atomic mass is 9.76. The lowest BCUT2D eigenvalue weighted by Gasteiger charge is -2.37. The van der Waals surface area contributed by atoms with Crippen molar-refractivity contribution in [1.29, 1.82) is 0 Å². The molecule has 0 bridgehead atoms. The minimum absolute atomic E-state index is 0.541. The van der Waals surface area contributed by atoms with Crippen LogP contribution in [0.1, 0.15) is 71.6 Å². The maximum Gasteiger partial charge on any atom is 0.0471 e. The van der Waals surface area contributed by atoms with Crippen LogP contribution < -0.4 is 5.32 Å². The SMILES string of the molecule is CCCCCCCCC1(CNCC)CCOCC1. The molecular formula is C16H33NO. The van der Waals surface area contributed by atoms with Gasteiger partial charge in [0, 0.05) is 19.8 Å². The first-order valence-electron chi connectivity index (χ1n) is 8.11. The summed E-state index contributed by atoms with van der Waals surface area (Å²) < 4.78 is 5.54. The van der Waals surface area contributed by atoms with Gasteiger partial charge in [0.25, 0.3) is 0 Å². The first-order valence-corrected chi connectivity index (χ1v) is 8.11. The fraction of sp³-hybridized carbons (Fsp3) is 1.00. The monoisotopic (exact) mass is 255 g/mol. The summed E-state index contributed by atoms with van der Waals surface area (Å²) in [5.74, 6) is 0. The maximum atomic E-state index is 5.54. The van der Waals surface area contributed by atoms with Crippen LogP contribution in [0.4, 0.5) is 0 Å². The van der Waals surface area contributed by atoms with Gasteiger partial charge in [-0.25, -0.2) is 0 Å². The third-order valence-electron chi connectivity index (χ3n) is 4.36. The highest BCUT2D eigenvalue weighted by Crippen LogP contribution is 2.35. The van der Waals surface area contributed by atoms with E-state index in [9.17, 15) is 0 Å². The van der Waals surface area contributed by atoms with E-state index in [1.54, 1.807) is 0 Å². The van der Waals surface area contributed by atoms with Crippen LogP contribution in [0.5, 0.6) is 0 Å². The Kier molecular flexibility index (Phi) is 8.70. The molecule has 0 amide bonds. The van der Waals surface area contributed by atoms with E-state index in [1.165, 1.54) is 64.3 Å². The summed E-state index contributed by atoms with van der Waals surface area (Å²) in [5, 5.41) is 3.56. The lowest BCUT2D eigenvalue weighted by molar-refractivity contribution is 0.00938. The highest BCUT2D eigenvalue weighted by molar-refractivity contribution is 4.83. The summed E-state index contributed by atoms with van der Waals surface area (Å²) in [6.07, 6.45) is 12.4. The predicted molar refractivity (Wildman–Crippen MR) is 79.0 cm³/mol. The zero-order valence-electron chi connectivity index (χ0n) is 12.6. The van der Waals surface area contributed by atoms with E-state index in [4.69, 9.17) is 4.74 Å². The third-order valence-corrected chi connectivity index (χ3v) is 4.36. The van der Waals surface area contributed by atoms with Gasteiger partial charge in [0.05, 0.1) is 0 Å². The van der Waals surface area contributed by atoms with Gasteiger partial charge in [0.2, 0.25) is 0 Å². The number of nitrogens with one attached hydrogen (secondary N) is 1. The highest BCUT2D eigenvalue weighted by Gasteiger charge is 2.31. The molecule has 1 rings (SSSR count). The second-order valence-corrected chi connectivity index (χ2v) is 5.91. The van der Waals surface area contributed by atoms with Crippen molar-refractivity contribution in [2.24, 2.45) is 5.41 Å². The molecule has 2 nitrogen and oxygen atoms in total. The van der Waals surface area contributed by atoms with Crippen LogP contribution in [0, 0.1) is 5.41 Å². The summed E-state index contributed by atoms with van der Waals surface area (Å²) in [5.41, 5.74) is 0.541. The molecule has 0 saturated carbocycles. The highest BCUT2D eigenvalue weighted by atomic mass is 16.5. The number of ether oxygens (including phenoxy) is 1. The van der Waals surface area contributed by atoms with Crippen LogP contribution >= 0.6 is 0 Å². The molecular weight excluding hydrogens is 222 g/mol. The Labute approximate surface area is 114 Å². The first kappa shape index (κ1) is 16.0. The van der Waals surface area contributed by atoms with E-state index in [0.717, 1.165) is 19.8 Å². The fourth-order valence-corrected chi connectivity index (χ4v) is 2.99. The molecule has 0 unspecified atom stereocenters. The Morgan fingerprint density at radius 3 is 2.28 bits per heavy atom. The second kappa shape index (κ2) is 9.80. The van der Waals surface area contributed by atoms with E-state index in [2.05, 4.69) is 19.2 Å². The summed E-state index contributed by atoms with van der Waals surface area (Å²) >= 11 is 0. The number of hydrogen-bond donors (Lipinski definition) is 1. The average molecular weight is 255 g/mol. The van der Waals surface area contributed by atoms with Crippen LogP contribution in [-0.2, 0) is 4.74 Å². The Balaban J connectivity index is 2.19. The molecule has 1 N–H and O–H groups in total.